The molecule has 0 spiro atoms. The fourth-order valence-electron chi connectivity index (χ4n) is 2.78. The Morgan fingerprint density at radius 3 is 2.67 bits per heavy atom. The number of benzene rings is 1. The largest absolute Gasteiger partial charge is 0.465 e. The molecule has 158 valence electrons. The molecule has 3 rings (SSSR count). The third kappa shape index (κ3) is 6.03. The number of ether oxygens (including phenoxy) is 1. The lowest BCUT2D eigenvalue weighted by Crippen LogP contribution is -2.16. The maximum absolute atomic E-state index is 12.2. The van der Waals surface area contributed by atoms with Crippen LogP contribution in [0.4, 0.5) is 13.2 Å². The van der Waals surface area contributed by atoms with Crippen LogP contribution in [-0.4, -0.2) is 38.3 Å². The highest BCUT2D eigenvalue weighted by Gasteiger charge is 2.27. The monoisotopic (exact) mass is 420 g/mol. The summed E-state index contributed by atoms with van der Waals surface area (Å²) >= 11 is 0. The molecular formula is C20H19F3N4O3. The van der Waals surface area contributed by atoms with Crippen molar-refractivity contribution in [2.75, 3.05) is 6.61 Å². The van der Waals surface area contributed by atoms with Crippen molar-refractivity contribution in [2.45, 2.75) is 25.4 Å². The molecule has 0 atom stereocenters. The van der Waals surface area contributed by atoms with Gasteiger partial charge < -0.3 is 4.74 Å². The Morgan fingerprint density at radius 1 is 1.20 bits per heavy atom. The lowest BCUT2D eigenvalue weighted by molar-refractivity contribution is -0.158. The summed E-state index contributed by atoms with van der Waals surface area (Å²) in [7, 11) is 1.77. The quantitative estimate of drug-likeness (QED) is 0.549. The van der Waals surface area contributed by atoms with Crippen LogP contribution in [0.5, 0.6) is 0 Å². The highest BCUT2D eigenvalue weighted by Crippen LogP contribution is 2.19. The minimum Gasteiger partial charge on any atom is -0.465 e. The molecule has 0 saturated heterocycles. The molecule has 0 radical (unpaired) electrons. The standard InChI is InChI=1S/C20H19F3N4O3/c1-26-13-16(12-24-26)27-7-5-18(28)17(25-27)10-14-3-2-4-15(9-14)11-19(29)30-8-6-20(21,22)23/h2-5,7,9,12-13H,6,8,10-11H2,1H3. The third-order valence-electron chi connectivity index (χ3n) is 4.20. The van der Waals surface area contributed by atoms with Gasteiger partial charge in [0, 0.05) is 25.7 Å². The number of esters is 1. The van der Waals surface area contributed by atoms with E-state index in [1.165, 1.54) is 6.07 Å². The number of carbonyl (C=O) groups excluding carboxylic acids is 1. The van der Waals surface area contributed by atoms with Crippen LogP contribution in [0.3, 0.4) is 0 Å². The minimum absolute atomic E-state index is 0.159. The zero-order valence-electron chi connectivity index (χ0n) is 16.1. The maximum atomic E-state index is 12.2. The second-order valence-corrected chi connectivity index (χ2v) is 6.70. The molecule has 0 amide bonds. The van der Waals surface area contributed by atoms with Crippen molar-refractivity contribution in [3.63, 3.8) is 0 Å². The van der Waals surface area contributed by atoms with Gasteiger partial charge >= 0.3 is 12.1 Å². The summed E-state index contributed by atoms with van der Waals surface area (Å²) in [4.78, 5) is 24.0. The number of aryl methyl sites for hydroxylation is 1. The molecule has 0 unspecified atom stereocenters. The highest BCUT2D eigenvalue weighted by atomic mass is 19.4. The van der Waals surface area contributed by atoms with Crippen LogP contribution in [0.25, 0.3) is 5.69 Å². The second kappa shape index (κ2) is 8.93. The van der Waals surface area contributed by atoms with Gasteiger partial charge in [-0.2, -0.15) is 23.4 Å². The lowest BCUT2D eigenvalue weighted by Gasteiger charge is -2.09. The number of carbonyl (C=O) groups is 1. The van der Waals surface area contributed by atoms with Crippen LogP contribution in [0, 0.1) is 0 Å². The van der Waals surface area contributed by atoms with Crippen LogP contribution < -0.4 is 5.43 Å². The Kier molecular flexibility index (Phi) is 6.34. The topological polar surface area (TPSA) is 79.0 Å². The van der Waals surface area contributed by atoms with Gasteiger partial charge in [-0.3, -0.25) is 14.3 Å². The predicted molar refractivity (Wildman–Crippen MR) is 101 cm³/mol. The summed E-state index contributed by atoms with van der Waals surface area (Å²) in [5, 5.41) is 8.43. The molecule has 0 fully saturated rings. The molecule has 2 aromatic heterocycles. The van der Waals surface area contributed by atoms with E-state index in [-0.39, 0.29) is 18.3 Å². The van der Waals surface area contributed by atoms with E-state index >= 15 is 0 Å². The van der Waals surface area contributed by atoms with Crippen molar-refractivity contribution < 1.29 is 22.7 Å². The number of rotatable bonds is 7. The predicted octanol–water partition coefficient (Wildman–Crippen LogP) is 2.59. The number of halogens is 3. The Morgan fingerprint density at radius 2 is 1.97 bits per heavy atom. The molecule has 0 bridgehead atoms. The fraction of sp³-hybridized carbons (Fsp3) is 0.300. The number of alkyl halides is 3. The van der Waals surface area contributed by atoms with Crippen molar-refractivity contribution in [3.05, 3.63) is 76.0 Å². The van der Waals surface area contributed by atoms with E-state index in [2.05, 4.69) is 14.9 Å². The number of hydrogen-bond acceptors (Lipinski definition) is 5. The Hall–Kier alpha value is -3.43. The molecule has 10 heteroatoms. The molecule has 7 nitrogen and oxygen atoms in total. The summed E-state index contributed by atoms with van der Waals surface area (Å²) in [6.07, 6.45) is -0.549. The molecular weight excluding hydrogens is 401 g/mol. The fourth-order valence-corrected chi connectivity index (χ4v) is 2.78. The van der Waals surface area contributed by atoms with Gasteiger partial charge in [0.2, 0.25) is 5.43 Å². The van der Waals surface area contributed by atoms with E-state index in [1.54, 1.807) is 59.3 Å². The molecule has 0 aliphatic heterocycles. The normalized spacial score (nSPS) is 11.5. The Bertz CT molecular complexity index is 1090. The average molecular weight is 420 g/mol. The van der Waals surface area contributed by atoms with E-state index in [1.807, 2.05) is 0 Å². The van der Waals surface area contributed by atoms with Gasteiger partial charge in [0.1, 0.15) is 11.4 Å². The van der Waals surface area contributed by atoms with Gasteiger partial charge in [-0.05, 0) is 11.1 Å². The summed E-state index contributed by atoms with van der Waals surface area (Å²) in [6.45, 7) is -0.705. The van der Waals surface area contributed by atoms with Crippen molar-refractivity contribution in [2.24, 2.45) is 7.05 Å². The number of nitrogens with zero attached hydrogens (tertiary/aromatic N) is 4. The molecule has 0 aliphatic carbocycles. The van der Waals surface area contributed by atoms with Crippen LogP contribution in [0.2, 0.25) is 0 Å². The van der Waals surface area contributed by atoms with E-state index in [4.69, 9.17) is 0 Å². The molecule has 0 N–H and O–H groups in total. The first-order valence-electron chi connectivity index (χ1n) is 9.08. The van der Waals surface area contributed by atoms with Gasteiger partial charge in [-0.1, -0.05) is 24.3 Å². The van der Waals surface area contributed by atoms with Gasteiger partial charge in [0.15, 0.2) is 0 Å². The Balaban J connectivity index is 1.68. The SMILES string of the molecule is Cn1cc(-n2ccc(=O)c(Cc3cccc(CC(=O)OCCC(F)(F)F)c3)n2)cn1. The first kappa shape index (κ1) is 21.3. The van der Waals surface area contributed by atoms with E-state index in [9.17, 15) is 22.8 Å². The molecule has 1 aromatic carbocycles. The van der Waals surface area contributed by atoms with Crippen LogP contribution >= 0.6 is 0 Å². The molecule has 3 aromatic rings. The van der Waals surface area contributed by atoms with Crippen molar-refractivity contribution in [3.8, 4) is 5.69 Å². The minimum atomic E-state index is -4.37. The molecule has 30 heavy (non-hydrogen) atoms. The number of aromatic nitrogens is 4. The summed E-state index contributed by atoms with van der Waals surface area (Å²) in [5.74, 6) is -0.742. The smallest absolute Gasteiger partial charge is 0.392 e. The van der Waals surface area contributed by atoms with E-state index in [0.717, 1.165) is 5.56 Å². The van der Waals surface area contributed by atoms with Crippen LogP contribution in [0.1, 0.15) is 23.2 Å². The Labute approximate surface area is 169 Å². The van der Waals surface area contributed by atoms with Gasteiger partial charge in [-0.25, -0.2) is 4.68 Å². The number of hydrogen-bond donors (Lipinski definition) is 0. The van der Waals surface area contributed by atoms with E-state index in [0.29, 0.717) is 16.9 Å². The molecule has 0 saturated carbocycles. The second-order valence-electron chi connectivity index (χ2n) is 6.70. The van der Waals surface area contributed by atoms with Crippen molar-refractivity contribution in [1.29, 1.82) is 0 Å². The zero-order valence-corrected chi connectivity index (χ0v) is 16.1. The first-order valence-corrected chi connectivity index (χ1v) is 9.08. The first-order chi connectivity index (χ1) is 14.2. The van der Waals surface area contributed by atoms with E-state index < -0.39 is 25.2 Å². The molecule has 0 aliphatic rings. The summed E-state index contributed by atoms with van der Waals surface area (Å²) in [5.41, 5.74) is 2.10. The van der Waals surface area contributed by atoms with Crippen molar-refractivity contribution in [1.82, 2.24) is 19.6 Å². The third-order valence-corrected chi connectivity index (χ3v) is 4.20. The zero-order chi connectivity index (χ0) is 21.7. The van der Waals surface area contributed by atoms with Gasteiger partial charge in [-0.15, -0.1) is 0 Å². The van der Waals surface area contributed by atoms with Crippen LogP contribution in [-0.2, 0) is 29.4 Å². The van der Waals surface area contributed by atoms with Crippen LogP contribution in [0.15, 0.2) is 53.7 Å². The van der Waals surface area contributed by atoms with Crippen molar-refractivity contribution >= 4 is 5.97 Å². The molecule has 2 heterocycles. The summed E-state index contributed by atoms with van der Waals surface area (Å²) < 4.78 is 44.2. The van der Waals surface area contributed by atoms with Gasteiger partial charge in [0.05, 0.1) is 31.8 Å². The summed E-state index contributed by atoms with van der Waals surface area (Å²) in [6, 6.07) is 8.27. The lowest BCUT2D eigenvalue weighted by atomic mass is 10.0. The van der Waals surface area contributed by atoms with Gasteiger partial charge in [0.25, 0.3) is 0 Å². The highest BCUT2D eigenvalue weighted by molar-refractivity contribution is 5.72. The average Bonchev–Trinajstić information content (AvgIpc) is 3.09. The maximum Gasteiger partial charge on any atom is 0.392 e.